The van der Waals surface area contributed by atoms with Crippen molar-refractivity contribution in [3.63, 3.8) is 0 Å². The number of para-hydroxylation sites is 1. The summed E-state index contributed by atoms with van der Waals surface area (Å²) < 4.78 is 0. The van der Waals surface area contributed by atoms with Crippen molar-refractivity contribution in [3.05, 3.63) is 84.2 Å². The van der Waals surface area contributed by atoms with Crippen molar-refractivity contribution in [2.45, 2.75) is 6.92 Å². The largest absolute Gasteiger partial charge is 0.872 e. The summed E-state index contributed by atoms with van der Waals surface area (Å²) in [5.41, 5.74) is 1.95. The summed E-state index contributed by atoms with van der Waals surface area (Å²) in [5, 5.41) is 22.9. The molecule has 0 aliphatic rings. The van der Waals surface area contributed by atoms with Crippen molar-refractivity contribution >= 4 is 29.5 Å². The maximum Gasteiger partial charge on any atom is 0.335 e. The van der Waals surface area contributed by atoms with Crippen LogP contribution < -0.4 is 15.4 Å². The van der Waals surface area contributed by atoms with Crippen molar-refractivity contribution < 1.29 is 24.8 Å². The monoisotopic (exact) mass is 377 g/mol. The highest BCUT2D eigenvalue weighted by molar-refractivity contribution is 5.90. The normalized spacial score (nSPS) is 10.0. The van der Waals surface area contributed by atoms with Crippen LogP contribution in [0.4, 0.5) is 11.4 Å². The summed E-state index contributed by atoms with van der Waals surface area (Å²) in [6.45, 7) is 1.48. The maximum absolute atomic E-state index is 11.4. The summed E-state index contributed by atoms with van der Waals surface area (Å²) in [4.78, 5) is 28.2. The van der Waals surface area contributed by atoms with E-state index in [1.54, 1.807) is 54.9 Å². The number of carboxylic acids is 1. The quantitative estimate of drug-likeness (QED) is 0.680. The zero-order chi connectivity index (χ0) is 20.4. The third kappa shape index (κ3) is 6.72. The SMILES string of the molecule is CC(=O)Nc1cc[nH+]cc1.O=C(O)c1cccc(N=Cc2ccccc2[O-])c1. The van der Waals surface area contributed by atoms with E-state index in [4.69, 9.17) is 5.11 Å². The van der Waals surface area contributed by atoms with Crippen LogP contribution in [0.25, 0.3) is 0 Å². The van der Waals surface area contributed by atoms with E-state index in [-0.39, 0.29) is 17.2 Å². The lowest BCUT2D eigenvalue weighted by Gasteiger charge is -2.07. The number of carbonyl (C=O) groups is 2. The van der Waals surface area contributed by atoms with E-state index < -0.39 is 5.97 Å². The Morgan fingerprint density at radius 1 is 1.07 bits per heavy atom. The summed E-state index contributed by atoms with van der Waals surface area (Å²) in [6, 6.07) is 16.3. The number of aliphatic imine (C=N–C) groups is 1. The van der Waals surface area contributed by atoms with Gasteiger partial charge in [0, 0.05) is 25.3 Å². The summed E-state index contributed by atoms with van der Waals surface area (Å²) >= 11 is 0. The molecule has 0 atom stereocenters. The molecule has 3 N–H and O–H groups in total. The van der Waals surface area contributed by atoms with E-state index in [0.717, 1.165) is 5.69 Å². The van der Waals surface area contributed by atoms with Crippen LogP contribution in [0.3, 0.4) is 0 Å². The molecule has 142 valence electrons. The molecule has 1 heterocycles. The van der Waals surface area contributed by atoms with Crippen LogP contribution in [0.5, 0.6) is 5.75 Å². The summed E-state index contributed by atoms with van der Waals surface area (Å²) in [6.07, 6.45) is 4.94. The zero-order valence-electron chi connectivity index (χ0n) is 15.1. The van der Waals surface area contributed by atoms with Crippen molar-refractivity contribution in [3.8, 4) is 5.75 Å². The topological polar surface area (TPSA) is 116 Å². The zero-order valence-corrected chi connectivity index (χ0v) is 15.1. The first-order valence-corrected chi connectivity index (χ1v) is 8.33. The predicted molar refractivity (Wildman–Crippen MR) is 104 cm³/mol. The Morgan fingerprint density at radius 3 is 2.43 bits per heavy atom. The van der Waals surface area contributed by atoms with Crippen LogP contribution in [-0.2, 0) is 4.79 Å². The van der Waals surface area contributed by atoms with Crippen LogP contribution in [-0.4, -0.2) is 23.2 Å². The Bertz CT molecular complexity index is 972. The molecule has 28 heavy (non-hydrogen) atoms. The van der Waals surface area contributed by atoms with Crippen LogP contribution in [0.1, 0.15) is 22.8 Å². The molecule has 0 aliphatic heterocycles. The fraction of sp³-hybridized carbons (Fsp3) is 0.0476. The van der Waals surface area contributed by atoms with E-state index in [0.29, 0.717) is 11.3 Å². The number of rotatable bonds is 4. The lowest BCUT2D eigenvalue weighted by molar-refractivity contribution is -0.377. The van der Waals surface area contributed by atoms with Gasteiger partial charge in [0.25, 0.3) is 0 Å². The molecule has 0 saturated carbocycles. The van der Waals surface area contributed by atoms with E-state index in [9.17, 15) is 14.7 Å². The number of aromatic amines is 1. The number of nitrogens with one attached hydrogen (secondary N) is 2. The number of hydrogen-bond acceptors (Lipinski definition) is 4. The van der Waals surface area contributed by atoms with Gasteiger partial charge in [-0.25, -0.2) is 9.78 Å². The maximum atomic E-state index is 11.4. The second-order valence-corrected chi connectivity index (χ2v) is 5.62. The van der Waals surface area contributed by atoms with E-state index in [1.165, 1.54) is 31.3 Å². The molecule has 0 radical (unpaired) electrons. The number of aromatic carboxylic acids is 1. The number of H-pyrrole nitrogens is 1. The number of anilines is 1. The molecule has 3 rings (SSSR count). The molecule has 1 aromatic heterocycles. The van der Waals surface area contributed by atoms with Gasteiger partial charge in [0.1, 0.15) is 0 Å². The molecule has 1 amide bonds. The Morgan fingerprint density at radius 2 is 1.79 bits per heavy atom. The fourth-order valence-electron chi connectivity index (χ4n) is 2.12. The summed E-state index contributed by atoms with van der Waals surface area (Å²) in [5.74, 6) is -1.17. The van der Waals surface area contributed by atoms with Gasteiger partial charge in [0.05, 0.1) is 16.9 Å². The predicted octanol–water partition coefficient (Wildman–Crippen LogP) is 2.67. The van der Waals surface area contributed by atoms with Crippen LogP contribution in [0, 0.1) is 0 Å². The number of nitrogens with zero attached hydrogens (tertiary/aromatic N) is 1. The first-order chi connectivity index (χ1) is 13.5. The molecule has 0 unspecified atom stereocenters. The smallest absolute Gasteiger partial charge is 0.335 e. The van der Waals surface area contributed by atoms with Crippen molar-refractivity contribution in [1.82, 2.24) is 0 Å². The van der Waals surface area contributed by atoms with Gasteiger partial charge in [-0.15, -0.1) is 5.75 Å². The standard InChI is InChI=1S/C14H11NO3.C7H8N2O/c16-13-7-2-1-4-11(13)9-15-12-6-3-5-10(8-12)14(17)18;1-6(10)9-7-2-4-8-5-3-7/h1-9,16H,(H,17,18);2-5H,1H3,(H,8,9,10). The molecule has 0 bridgehead atoms. The van der Waals surface area contributed by atoms with Gasteiger partial charge in [0.15, 0.2) is 12.4 Å². The molecule has 0 saturated heterocycles. The van der Waals surface area contributed by atoms with Gasteiger partial charge < -0.3 is 15.5 Å². The fourth-order valence-corrected chi connectivity index (χ4v) is 2.12. The average Bonchev–Trinajstić information content (AvgIpc) is 2.68. The number of carbonyl (C=O) groups excluding carboxylic acids is 1. The Kier molecular flexibility index (Phi) is 7.42. The number of pyridine rings is 1. The minimum Gasteiger partial charge on any atom is -0.872 e. The Balaban J connectivity index is 0.000000237. The van der Waals surface area contributed by atoms with Gasteiger partial charge in [-0.3, -0.25) is 9.79 Å². The molecular formula is C21H19N3O4. The van der Waals surface area contributed by atoms with Crippen LogP contribution >= 0.6 is 0 Å². The number of carboxylic acid groups (broad SMARTS) is 1. The highest BCUT2D eigenvalue weighted by Crippen LogP contribution is 2.16. The number of hydrogen-bond donors (Lipinski definition) is 2. The lowest BCUT2D eigenvalue weighted by atomic mass is 10.2. The van der Waals surface area contributed by atoms with E-state index in [1.807, 2.05) is 0 Å². The molecule has 0 spiro atoms. The minimum absolute atomic E-state index is 0.0498. The highest BCUT2D eigenvalue weighted by Gasteiger charge is 2.01. The van der Waals surface area contributed by atoms with Crippen molar-refractivity contribution in [2.24, 2.45) is 4.99 Å². The molecular weight excluding hydrogens is 358 g/mol. The molecule has 0 aliphatic carbocycles. The lowest BCUT2D eigenvalue weighted by Crippen LogP contribution is -2.07. The molecule has 7 nitrogen and oxygen atoms in total. The van der Waals surface area contributed by atoms with Crippen molar-refractivity contribution in [2.75, 3.05) is 5.32 Å². The minimum atomic E-state index is -1.00. The van der Waals surface area contributed by atoms with Gasteiger partial charge in [-0.1, -0.05) is 30.3 Å². The molecule has 0 fully saturated rings. The number of aromatic nitrogens is 1. The van der Waals surface area contributed by atoms with Crippen LogP contribution in [0.2, 0.25) is 0 Å². The van der Waals surface area contributed by atoms with Gasteiger partial charge in [-0.2, -0.15) is 0 Å². The van der Waals surface area contributed by atoms with Gasteiger partial charge >= 0.3 is 5.97 Å². The summed E-state index contributed by atoms with van der Waals surface area (Å²) in [7, 11) is 0. The Hall–Kier alpha value is -4.00. The third-order valence-electron chi connectivity index (χ3n) is 3.40. The number of amides is 1. The Labute approximate surface area is 162 Å². The highest BCUT2D eigenvalue weighted by atomic mass is 16.4. The second kappa shape index (κ2) is 10.2. The van der Waals surface area contributed by atoms with Gasteiger partial charge in [0.2, 0.25) is 5.91 Å². The average molecular weight is 377 g/mol. The van der Waals surface area contributed by atoms with Crippen molar-refractivity contribution in [1.29, 1.82) is 0 Å². The van der Waals surface area contributed by atoms with E-state index >= 15 is 0 Å². The molecule has 7 heteroatoms. The van der Waals surface area contributed by atoms with Crippen LogP contribution in [0.15, 0.2) is 78.0 Å². The third-order valence-corrected chi connectivity index (χ3v) is 3.40. The molecule has 3 aromatic rings. The first-order valence-electron chi connectivity index (χ1n) is 8.33. The van der Waals surface area contributed by atoms with Gasteiger partial charge in [-0.05, 0) is 23.8 Å². The second-order valence-electron chi connectivity index (χ2n) is 5.62. The first kappa shape index (κ1) is 20.3. The number of benzene rings is 2. The molecule has 2 aromatic carbocycles. The van der Waals surface area contributed by atoms with E-state index in [2.05, 4.69) is 15.3 Å².